The zero-order valence-corrected chi connectivity index (χ0v) is 15.4. The molecule has 4 aromatic heterocycles. The van der Waals surface area contributed by atoms with Gasteiger partial charge >= 0.3 is 0 Å². The summed E-state index contributed by atoms with van der Waals surface area (Å²) in [5, 5.41) is 7.96. The van der Waals surface area contributed by atoms with Gasteiger partial charge in [0.05, 0.1) is 18.3 Å². The van der Waals surface area contributed by atoms with Gasteiger partial charge in [-0.15, -0.1) is 0 Å². The van der Waals surface area contributed by atoms with Crippen LogP contribution in [0.2, 0.25) is 0 Å². The third-order valence-corrected chi connectivity index (χ3v) is 4.95. The van der Waals surface area contributed by atoms with Gasteiger partial charge in [-0.25, -0.2) is 4.98 Å². The fourth-order valence-electron chi connectivity index (χ4n) is 3.46. The van der Waals surface area contributed by atoms with Gasteiger partial charge in [-0.2, -0.15) is 9.97 Å². The van der Waals surface area contributed by atoms with Crippen LogP contribution < -0.4 is 5.56 Å². The molecule has 0 unspecified atom stereocenters. The van der Waals surface area contributed by atoms with Gasteiger partial charge in [0.15, 0.2) is 5.82 Å². The molecule has 0 saturated heterocycles. The SMILES string of the molecule is O=c1ccc(-c2nc(-c3cnccn3)no2)cn1Cc1noc(C2CCCC2)n1. The van der Waals surface area contributed by atoms with Crippen molar-refractivity contribution in [3.05, 3.63) is 59.0 Å². The predicted molar refractivity (Wildman–Crippen MR) is 99.6 cm³/mol. The van der Waals surface area contributed by atoms with E-state index >= 15 is 0 Å². The third kappa shape index (κ3) is 3.56. The first-order chi connectivity index (χ1) is 14.3. The molecule has 1 aliphatic carbocycles. The van der Waals surface area contributed by atoms with E-state index in [1.807, 2.05) is 0 Å². The van der Waals surface area contributed by atoms with Crippen LogP contribution in [0.4, 0.5) is 0 Å². The molecule has 10 heteroatoms. The highest BCUT2D eigenvalue weighted by Crippen LogP contribution is 2.32. The summed E-state index contributed by atoms with van der Waals surface area (Å²) >= 11 is 0. The van der Waals surface area contributed by atoms with E-state index in [-0.39, 0.29) is 18.0 Å². The molecule has 4 heterocycles. The van der Waals surface area contributed by atoms with E-state index in [4.69, 9.17) is 9.05 Å². The molecule has 29 heavy (non-hydrogen) atoms. The maximum absolute atomic E-state index is 12.3. The topological polar surface area (TPSA) is 126 Å². The lowest BCUT2D eigenvalue weighted by atomic mass is 10.1. The van der Waals surface area contributed by atoms with Crippen molar-refractivity contribution in [3.8, 4) is 23.0 Å². The molecule has 0 aromatic carbocycles. The summed E-state index contributed by atoms with van der Waals surface area (Å²) in [5.74, 6) is 2.06. The van der Waals surface area contributed by atoms with Crippen LogP contribution in [0.25, 0.3) is 23.0 Å². The van der Waals surface area contributed by atoms with Crippen LogP contribution in [-0.4, -0.2) is 34.8 Å². The van der Waals surface area contributed by atoms with E-state index in [1.54, 1.807) is 30.9 Å². The van der Waals surface area contributed by atoms with Crippen molar-refractivity contribution in [2.24, 2.45) is 0 Å². The van der Waals surface area contributed by atoms with Gasteiger partial charge in [0.1, 0.15) is 5.69 Å². The Hall–Kier alpha value is -3.69. The Morgan fingerprint density at radius 3 is 2.79 bits per heavy atom. The van der Waals surface area contributed by atoms with E-state index in [2.05, 4.69) is 30.2 Å². The molecule has 4 aromatic rings. The highest BCUT2D eigenvalue weighted by molar-refractivity contribution is 5.55. The second kappa shape index (κ2) is 7.38. The highest BCUT2D eigenvalue weighted by atomic mass is 16.5. The number of aromatic nitrogens is 7. The number of hydrogen-bond acceptors (Lipinski definition) is 9. The second-order valence-electron chi connectivity index (χ2n) is 6.93. The average molecular weight is 391 g/mol. The van der Waals surface area contributed by atoms with Crippen LogP contribution >= 0.6 is 0 Å². The Morgan fingerprint density at radius 2 is 1.97 bits per heavy atom. The standard InChI is InChI=1S/C19H17N7O3/c27-16-6-5-13(19-23-17(25-29-19)14-9-20-7-8-21-14)10-26(16)11-15-22-18(28-24-15)12-3-1-2-4-12/h5-10,12H,1-4,11H2. The highest BCUT2D eigenvalue weighted by Gasteiger charge is 2.23. The molecule has 1 saturated carbocycles. The van der Waals surface area contributed by atoms with E-state index in [9.17, 15) is 4.79 Å². The normalized spacial score (nSPS) is 14.5. The molecule has 1 fully saturated rings. The van der Waals surface area contributed by atoms with Crippen LogP contribution in [0.3, 0.4) is 0 Å². The maximum atomic E-state index is 12.3. The van der Waals surface area contributed by atoms with Crippen molar-refractivity contribution in [2.75, 3.05) is 0 Å². The number of pyridine rings is 1. The van der Waals surface area contributed by atoms with Crippen LogP contribution in [-0.2, 0) is 6.54 Å². The minimum Gasteiger partial charge on any atom is -0.339 e. The molecule has 0 aliphatic heterocycles. The van der Waals surface area contributed by atoms with Gasteiger partial charge in [-0.3, -0.25) is 9.78 Å². The quantitative estimate of drug-likeness (QED) is 0.504. The Labute approximate surface area is 164 Å². The molecule has 0 atom stereocenters. The molecule has 0 spiro atoms. The predicted octanol–water partition coefficient (Wildman–Crippen LogP) is 2.44. The van der Waals surface area contributed by atoms with Gasteiger partial charge in [0.25, 0.3) is 11.4 Å². The van der Waals surface area contributed by atoms with Crippen LogP contribution in [0.1, 0.15) is 43.3 Å². The number of rotatable bonds is 5. The third-order valence-electron chi connectivity index (χ3n) is 4.95. The lowest BCUT2D eigenvalue weighted by Gasteiger charge is -2.03. The van der Waals surface area contributed by atoms with Crippen molar-refractivity contribution in [1.82, 2.24) is 34.8 Å². The molecule has 0 N–H and O–H groups in total. The van der Waals surface area contributed by atoms with Crippen molar-refractivity contribution < 1.29 is 9.05 Å². The van der Waals surface area contributed by atoms with Gasteiger partial charge in [0, 0.05) is 30.6 Å². The summed E-state index contributed by atoms with van der Waals surface area (Å²) in [6.07, 6.45) is 10.8. The Morgan fingerprint density at radius 1 is 1.07 bits per heavy atom. The van der Waals surface area contributed by atoms with Crippen LogP contribution in [0, 0.1) is 0 Å². The lowest BCUT2D eigenvalue weighted by molar-refractivity contribution is 0.349. The molecular weight excluding hydrogens is 374 g/mol. The molecule has 1 aliphatic rings. The zero-order valence-electron chi connectivity index (χ0n) is 15.4. The summed E-state index contributed by atoms with van der Waals surface area (Å²) in [6.45, 7) is 0.202. The Kier molecular flexibility index (Phi) is 4.43. The Balaban J connectivity index is 1.39. The first kappa shape index (κ1) is 17.4. The first-order valence-electron chi connectivity index (χ1n) is 9.40. The van der Waals surface area contributed by atoms with Crippen molar-refractivity contribution in [3.63, 3.8) is 0 Å². The van der Waals surface area contributed by atoms with Crippen LogP contribution in [0.5, 0.6) is 0 Å². The minimum absolute atomic E-state index is 0.186. The number of nitrogens with zero attached hydrogens (tertiary/aromatic N) is 7. The molecule has 146 valence electrons. The van der Waals surface area contributed by atoms with Gasteiger partial charge in [0.2, 0.25) is 11.7 Å². The summed E-state index contributed by atoms with van der Waals surface area (Å²) in [5.41, 5.74) is 0.920. The Bertz CT molecular complexity index is 1180. The molecule has 10 nitrogen and oxygen atoms in total. The first-order valence-corrected chi connectivity index (χ1v) is 9.40. The van der Waals surface area contributed by atoms with Crippen LogP contribution in [0.15, 0.2) is 50.8 Å². The number of hydrogen-bond donors (Lipinski definition) is 0. The van der Waals surface area contributed by atoms with Gasteiger partial charge < -0.3 is 13.6 Å². The summed E-state index contributed by atoms with van der Waals surface area (Å²) in [6, 6.07) is 3.08. The fraction of sp³-hybridized carbons (Fsp3) is 0.316. The molecular formula is C19H17N7O3. The van der Waals surface area contributed by atoms with Gasteiger partial charge in [-0.1, -0.05) is 23.2 Å². The molecule has 0 bridgehead atoms. The van der Waals surface area contributed by atoms with Crippen molar-refractivity contribution in [2.45, 2.75) is 38.1 Å². The largest absolute Gasteiger partial charge is 0.339 e. The maximum Gasteiger partial charge on any atom is 0.259 e. The van der Waals surface area contributed by atoms with E-state index < -0.39 is 0 Å². The lowest BCUT2D eigenvalue weighted by Crippen LogP contribution is -2.19. The smallest absolute Gasteiger partial charge is 0.259 e. The summed E-state index contributed by atoms with van der Waals surface area (Å²) in [4.78, 5) is 29.2. The second-order valence-corrected chi connectivity index (χ2v) is 6.93. The minimum atomic E-state index is -0.186. The van der Waals surface area contributed by atoms with E-state index in [0.29, 0.717) is 34.7 Å². The van der Waals surface area contributed by atoms with Crippen molar-refractivity contribution in [1.29, 1.82) is 0 Å². The van der Waals surface area contributed by atoms with E-state index in [0.717, 1.165) is 12.8 Å². The monoisotopic (exact) mass is 391 g/mol. The molecule has 5 rings (SSSR count). The molecule has 0 radical (unpaired) electrons. The zero-order chi connectivity index (χ0) is 19.6. The van der Waals surface area contributed by atoms with E-state index in [1.165, 1.54) is 23.5 Å². The summed E-state index contributed by atoms with van der Waals surface area (Å²) in [7, 11) is 0. The average Bonchev–Trinajstić information content (AvgIpc) is 3.52. The van der Waals surface area contributed by atoms with Crippen molar-refractivity contribution >= 4 is 0 Å². The fourth-order valence-corrected chi connectivity index (χ4v) is 3.46. The van der Waals surface area contributed by atoms with Gasteiger partial charge in [-0.05, 0) is 18.9 Å². The molecule has 0 amide bonds. The summed E-state index contributed by atoms with van der Waals surface area (Å²) < 4.78 is 12.2.